The number of ketones is 1. The van der Waals surface area contributed by atoms with Gasteiger partial charge in [0.2, 0.25) is 0 Å². The molecule has 0 atom stereocenters. The number of Topliss-reactive ketones (excluding diaryl/α,β-unsaturated/α-hetero) is 1. The predicted molar refractivity (Wildman–Crippen MR) is 59.8 cm³/mol. The van der Waals surface area contributed by atoms with E-state index < -0.39 is 0 Å². The van der Waals surface area contributed by atoms with Crippen molar-refractivity contribution in [2.24, 2.45) is 0 Å². The molecule has 0 bridgehead atoms. The molecule has 0 aliphatic carbocycles. The summed E-state index contributed by atoms with van der Waals surface area (Å²) in [4.78, 5) is 11.4. The molecule has 0 heterocycles. The van der Waals surface area contributed by atoms with Crippen LogP contribution in [-0.4, -0.2) is 5.78 Å². The van der Waals surface area contributed by atoms with E-state index in [4.69, 9.17) is 0 Å². The second-order valence-electron chi connectivity index (χ2n) is 3.60. The van der Waals surface area contributed by atoms with Crippen molar-refractivity contribution in [2.45, 2.75) is 40.0 Å². The maximum absolute atomic E-state index is 11.4. The molecule has 0 aromatic heterocycles. The summed E-state index contributed by atoms with van der Waals surface area (Å²) in [5.41, 5.74) is 3.48. The highest BCUT2D eigenvalue weighted by atomic mass is 16.1. The van der Waals surface area contributed by atoms with Gasteiger partial charge in [0.15, 0.2) is 5.78 Å². The van der Waals surface area contributed by atoms with E-state index in [1.165, 1.54) is 11.1 Å². The summed E-state index contributed by atoms with van der Waals surface area (Å²) < 4.78 is 0. The lowest BCUT2D eigenvalue weighted by Crippen LogP contribution is -2.02. The number of benzene rings is 1. The minimum Gasteiger partial charge on any atom is -0.295 e. The van der Waals surface area contributed by atoms with E-state index in [1.54, 1.807) is 6.92 Å². The van der Waals surface area contributed by atoms with Gasteiger partial charge in [0.05, 0.1) is 0 Å². The van der Waals surface area contributed by atoms with Crippen LogP contribution >= 0.6 is 0 Å². The van der Waals surface area contributed by atoms with Crippen molar-refractivity contribution >= 4 is 5.78 Å². The van der Waals surface area contributed by atoms with Crippen molar-refractivity contribution in [3.63, 3.8) is 0 Å². The molecule has 0 amide bonds. The van der Waals surface area contributed by atoms with Crippen LogP contribution in [0.15, 0.2) is 18.2 Å². The Morgan fingerprint density at radius 2 is 2.00 bits per heavy atom. The molecule has 0 unspecified atom stereocenters. The molecule has 1 aromatic carbocycles. The summed E-state index contributed by atoms with van der Waals surface area (Å²) in [5, 5.41) is 0. The molecule has 1 rings (SSSR count). The molecular weight excluding hydrogens is 172 g/mol. The topological polar surface area (TPSA) is 17.1 Å². The highest BCUT2D eigenvalue weighted by Gasteiger charge is 2.08. The molecular formula is C13H18O. The molecule has 0 saturated carbocycles. The van der Waals surface area contributed by atoms with Crippen molar-refractivity contribution in [3.8, 4) is 0 Å². The largest absolute Gasteiger partial charge is 0.295 e. The second-order valence-corrected chi connectivity index (χ2v) is 3.60. The zero-order chi connectivity index (χ0) is 10.6. The minimum atomic E-state index is 0.180. The van der Waals surface area contributed by atoms with Crippen molar-refractivity contribution < 1.29 is 4.79 Å². The molecule has 0 aliphatic rings. The first-order valence-electron chi connectivity index (χ1n) is 5.32. The summed E-state index contributed by atoms with van der Waals surface area (Å²) in [6, 6.07) is 6.05. The fraction of sp³-hybridized carbons (Fsp3) is 0.462. The molecule has 0 saturated heterocycles. The molecule has 1 nitrogen and oxygen atoms in total. The van der Waals surface area contributed by atoms with Crippen LogP contribution < -0.4 is 0 Å². The fourth-order valence-corrected chi connectivity index (χ4v) is 1.89. The number of carbonyl (C=O) groups excluding carboxylic acids is 1. The Morgan fingerprint density at radius 1 is 1.29 bits per heavy atom. The SMILES string of the molecule is CCCc1cccc(C(C)=O)c1CC. The Kier molecular flexibility index (Phi) is 3.87. The Bertz CT molecular complexity index is 326. The van der Waals surface area contributed by atoms with Gasteiger partial charge < -0.3 is 0 Å². The van der Waals surface area contributed by atoms with Crippen LogP contribution in [0.2, 0.25) is 0 Å². The van der Waals surface area contributed by atoms with Gasteiger partial charge in [-0.3, -0.25) is 4.79 Å². The van der Waals surface area contributed by atoms with Gasteiger partial charge in [-0.25, -0.2) is 0 Å². The molecule has 0 N–H and O–H groups in total. The smallest absolute Gasteiger partial charge is 0.160 e. The number of hydrogen-bond acceptors (Lipinski definition) is 1. The fourth-order valence-electron chi connectivity index (χ4n) is 1.89. The van der Waals surface area contributed by atoms with E-state index in [1.807, 2.05) is 12.1 Å². The number of hydrogen-bond donors (Lipinski definition) is 0. The Hall–Kier alpha value is -1.11. The van der Waals surface area contributed by atoms with Gasteiger partial charge in [0, 0.05) is 5.56 Å². The highest BCUT2D eigenvalue weighted by molar-refractivity contribution is 5.95. The molecule has 0 spiro atoms. The molecule has 0 aliphatic heterocycles. The Morgan fingerprint density at radius 3 is 2.50 bits per heavy atom. The van der Waals surface area contributed by atoms with Crippen LogP contribution in [-0.2, 0) is 12.8 Å². The second kappa shape index (κ2) is 4.94. The lowest BCUT2D eigenvalue weighted by atomic mass is 9.94. The Balaban J connectivity index is 3.17. The van der Waals surface area contributed by atoms with Crippen molar-refractivity contribution in [1.29, 1.82) is 0 Å². The van der Waals surface area contributed by atoms with E-state index in [0.717, 1.165) is 24.8 Å². The molecule has 1 heteroatoms. The third kappa shape index (κ3) is 2.22. The third-order valence-corrected chi connectivity index (χ3v) is 2.53. The van der Waals surface area contributed by atoms with Gasteiger partial charge in [-0.2, -0.15) is 0 Å². The van der Waals surface area contributed by atoms with Crippen molar-refractivity contribution in [2.75, 3.05) is 0 Å². The standard InChI is InChI=1S/C13H18O/c1-4-7-11-8-6-9-13(10(3)14)12(11)5-2/h6,8-9H,4-5,7H2,1-3H3. The zero-order valence-corrected chi connectivity index (χ0v) is 9.26. The van der Waals surface area contributed by atoms with E-state index in [9.17, 15) is 4.79 Å². The van der Waals surface area contributed by atoms with Crippen LogP contribution in [0.25, 0.3) is 0 Å². The Labute approximate surface area is 86.1 Å². The van der Waals surface area contributed by atoms with Crippen LogP contribution in [0.4, 0.5) is 0 Å². The predicted octanol–water partition coefficient (Wildman–Crippen LogP) is 3.40. The van der Waals surface area contributed by atoms with Crippen LogP contribution in [0.5, 0.6) is 0 Å². The van der Waals surface area contributed by atoms with E-state index >= 15 is 0 Å². The van der Waals surface area contributed by atoms with Gasteiger partial charge in [-0.05, 0) is 30.9 Å². The van der Waals surface area contributed by atoms with Crippen LogP contribution in [0, 0.1) is 0 Å². The van der Waals surface area contributed by atoms with E-state index in [-0.39, 0.29) is 5.78 Å². The number of rotatable bonds is 4. The summed E-state index contributed by atoms with van der Waals surface area (Å²) in [6.07, 6.45) is 3.16. The first kappa shape index (κ1) is 11.0. The molecule has 0 radical (unpaired) electrons. The molecule has 1 aromatic rings. The third-order valence-electron chi connectivity index (χ3n) is 2.53. The lowest BCUT2D eigenvalue weighted by molar-refractivity contribution is 0.101. The minimum absolute atomic E-state index is 0.180. The van der Waals surface area contributed by atoms with Crippen LogP contribution in [0.1, 0.15) is 48.7 Å². The maximum Gasteiger partial charge on any atom is 0.160 e. The maximum atomic E-state index is 11.4. The van der Waals surface area contributed by atoms with E-state index in [2.05, 4.69) is 19.9 Å². The highest BCUT2D eigenvalue weighted by Crippen LogP contribution is 2.17. The first-order valence-corrected chi connectivity index (χ1v) is 5.32. The monoisotopic (exact) mass is 190 g/mol. The van der Waals surface area contributed by atoms with Gasteiger partial charge >= 0.3 is 0 Å². The summed E-state index contributed by atoms with van der Waals surface area (Å²) in [5.74, 6) is 0.180. The number of aryl methyl sites for hydroxylation is 1. The lowest BCUT2D eigenvalue weighted by Gasteiger charge is -2.10. The molecule has 0 fully saturated rings. The summed E-state index contributed by atoms with van der Waals surface area (Å²) in [6.45, 7) is 5.92. The quantitative estimate of drug-likeness (QED) is 0.665. The van der Waals surface area contributed by atoms with Crippen LogP contribution in [0.3, 0.4) is 0 Å². The van der Waals surface area contributed by atoms with E-state index in [0.29, 0.717) is 0 Å². The van der Waals surface area contributed by atoms with Gasteiger partial charge in [-0.1, -0.05) is 38.5 Å². The van der Waals surface area contributed by atoms with Gasteiger partial charge in [-0.15, -0.1) is 0 Å². The zero-order valence-electron chi connectivity index (χ0n) is 9.26. The molecule has 76 valence electrons. The van der Waals surface area contributed by atoms with Gasteiger partial charge in [0.1, 0.15) is 0 Å². The van der Waals surface area contributed by atoms with Crippen molar-refractivity contribution in [3.05, 3.63) is 34.9 Å². The van der Waals surface area contributed by atoms with Gasteiger partial charge in [0.25, 0.3) is 0 Å². The average molecular weight is 190 g/mol. The van der Waals surface area contributed by atoms with Crippen molar-refractivity contribution in [1.82, 2.24) is 0 Å². The summed E-state index contributed by atoms with van der Waals surface area (Å²) >= 11 is 0. The number of carbonyl (C=O) groups is 1. The molecule has 14 heavy (non-hydrogen) atoms. The normalized spacial score (nSPS) is 10.2. The first-order chi connectivity index (χ1) is 6.70. The summed E-state index contributed by atoms with van der Waals surface area (Å²) in [7, 11) is 0. The average Bonchev–Trinajstić information content (AvgIpc) is 2.18.